The van der Waals surface area contributed by atoms with Gasteiger partial charge in [0.2, 0.25) is 0 Å². The Morgan fingerprint density at radius 2 is 1.94 bits per heavy atom. The van der Waals surface area contributed by atoms with Crippen molar-refractivity contribution in [3.8, 4) is 0 Å². The number of benzene rings is 1. The van der Waals surface area contributed by atoms with Crippen LogP contribution in [-0.2, 0) is 12.8 Å². The molecule has 0 aliphatic heterocycles. The monoisotopic (exact) mass is 303 g/mol. The molecule has 1 unspecified atom stereocenters. The highest BCUT2D eigenvalue weighted by atomic mass is 35.5. The van der Waals surface area contributed by atoms with Gasteiger partial charge in [0.15, 0.2) is 0 Å². The SMILES string of the molecule is NC(Cc1ccc(F)cc1Cl)Cc1sccc1Cl. The molecule has 18 heavy (non-hydrogen) atoms. The van der Waals surface area contributed by atoms with Gasteiger partial charge in [-0.2, -0.15) is 0 Å². The summed E-state index contributed by atoms with van der Waals surface area (Å²) < 4.78 is 12.9. The van der Waals surface area contributed by atoms with Crippen LogP contribution in [-0.4, -0.2) is 6.04 Å². The standard InChI is InChI=1S/C13H12Cl2FNS/c14-11-3-4-18-13(11)7-10(17)5-8-1-2-9(16)6-12(8)15/h1-4,6,10H,5,7,17H2. The van der Waals surface area contributed by atoms with E-state index in [1.807, 2.05) is 11.4 Å². The van der Waals surface area contributed by atoms with E-state index in [1.165, 1.54) is 12.1 Å². The molecule has 0 aliphatic carbocycles. The maximum absolute atomic E-state index is 12.9. The predicted molar refractivity (Wildman–Crippen MR) is 76.1 cm³/mol. The molecule has 0 aliphatic rings. The van der Waals surface area contributed by atoms with Gasteiger partial charge in [-0.3, -0.25) is 0 Å². The van der Waals surface area contributed by atoms with Crippen molar-refractivity contribution in [1.82, 2.24) is 0 Å². The molecule has 1 atom stereocenters. The summed E-state index contributed by atoms with van der Waals surface area (Å²) in [5, 5.41) is 3.11. The number of halogens is 3. The van der Waals surface area contributed by atoms with E-state index >= 15 is 0 Å². The quantitative estimate of drug-likeness (QED) is 0.895. The molecule has 0 bridgehead atoms. The van der Waals surface area contributed by atoms with E-state index in [0.29, 0.717) is 17.9 Å². The van der Waals surface area contributed by atoms with Crippen molar-refractivity contribution in [3.05, 3.63) is 55.9 Å². The van der Waals surface area contributed by atoms with Crippen LogP contribution in [0.5, 0.6) is 0 Å². The van der Waals surface area contributed by atoms with Crippen molar-refractivity contribution in [2.45, 2.75) is 18.9 Å². The Morgan fingerprint density at radius 1 is 1.17 bits per heavy atom. The summed E-state index contributed by atoms with van der Waals surface area (Å²) in [5.41, 5.74) is 6.93. The highest BCUT2D eigenvalue weighted by Crippen LogP contribution is 2.25. The third-order valence-electron chi connectivity index (χ3n) is 2.64. The van der Waals surface area contributed by atoms with Crippen LogP contribution in [0.1, 0.15) is 10.4 Å². The second kappa shape index (κ2) is 6.02. The van der Waals surface area contributed by atoms with E-state index in [-0.39, 0.29) is 11.9 Å². The summed E-state index contributed by atoms with van der Waals surface area (Å²) in [7, 11) is 0. The van der Waals surface area contributed by atoms with Crippen molar-refractivity contribution < 1.29 is 4.39 Å². The number of hydrogen-bond acceptors (Lipinski definition) is 2. The zero-order chi connectivity index (χ0) is 13.1. The van der Waals surface area contributed by atoms with Gasteiger partial charge < -0.3 is 5.73 Å². The van der Waals surface area contributed by atoms with Gasteiger partial charge in [-0.15, -0.1) is 11.3 Å². The van der Waals surface area contributed by atoms with Crippen LogP contribution in [0.3, 0.4) is 0 Å². The summed E-state index contributed by atoms with van der Waals surface area (Å²) in [5.74, 6) is -0.335. The van der Waals surface area contributed by atoms with Crippen molar-refractivity contribution in [2.75, 3.05) is 0 Å². The molecule has 2 rings (SSSR count). The highest BCUT2D eigenvalue weighted by Gasteiger charge is 2.11. The molecule has 2 aromatic rings. The summed E-state index contributed by atoms with van der Waals surface area (Å²) in [6, 6.07) is 6.16. The van der Waals surface area contributed by atoms with Crippen LogP contribution in [0.15, 0.2) is 29.6 Å². The van der Waals surface area contributed by atoms with Crippen LogP contribution in [0.4, 0.5) is 4.39 Å². The Morgan fingerprint density at radius 3 is 2.56 bits per heavy atom. The van der Waals surface area contributed by atoms with Gasteiger partial charge in [-0.05, 0) is 42.0 Å². The van der Waals surface area contributed by atoms with Gasteiger partial charge in [0.05, 0.1) is 5.02 Å². The molecule has 5 heteroatoms. The molecule has 0 saturated carbocycles. The minimum Gasteiger partial charge on any atom is -0.327 e. The average molecular weight is 304 g/mol. The summed E-state index contributed by atoms with van der Waals surface area (Å²) >= 11 is 13.6. The average Bonchev–Trinajstić information content (AvgIpc) is 2.69. The fourth-order valence-corrected chi connectivity index (χ4v) is 3.20. The Kier molecular flexibility index (Phi) is 4.62. The van der Waals surface area contributed by atoms with E-state index in [2.05, 4.69) is 0 Å². The van der Waals surface area contributed by atoms with E-state index in [9.17, 15) is 4.39 Å². The predicted octanol–water partition coefficient (Wildman–Crippen LogP) is 4.31. The van der Waals surface area contributed by atoms with Gasteiger partial charge in [0.25, 0.3) is 0 Å². The van der Waals surface area contributed by atoms with E-state index in [0.717, 1.165) is 15.5 Å². The molecule has 1 aromatic carbocycles. The van der Waals surface area contributed by atoms with Gasteiger partial charge in [-0.1, -0.05) is 29.3 Å². The number of hydrogen-bond donors (Lipinski definition) is 1. The number of nitrogens with two attached hydrogens (primary N) is 1. The first-order chi connectivity index (χ1) is 8.56. The zero-order valence-electron chi connectivity index (χ0n) is 9.50. The summed E-state index contributed by atoms with van der Waals surface area (Å²) in [6.45, 7) is 0. The smallest absolute Gasteiger partial charge is 0.124 e. The molecule has 0 spiro atoms. The lowest BCUT2D eigenvalue weighted by Crippen LogP contribution is -2.25. The van der Waals surface area contributed by atoms with Crippen molar-refractivity contribution in [3.63, 3.8) is 0 Å². The first-order valence-electron chi connectivity index (χ1n) is 5.47. The fourth-order valence-electron chi connectivity index (χ4n) is 1.75. The van der Waals surface area contributed by atoms with Crippen LogP contribution in [0.2, 0.25) is 10.0 Å². The molecule has 0 saturated heterocycles. The molecular weight excluding hydrogens is 292 g/mol. The van der Waals surface area contributed by atoms with E-state index in [1.54, 1.807) is 17.4 Å². The zero-order valence-corrected chi connectivity index (χ0v) is 11.8. The van der Waals surface area contributed by atoms with E-state index in [4.69, 9.17) is 28.9 Å². The van der Waals surface area contributed by atoms with Crippen molar-refractivity contribution in [2.24, 2.45) is 5.73 Å². The number of rotatable bonds is 4. The Bertz CT molecular complexity index is 542. The van der Waals surface area contributed by atoms with E-state index < -0.39 is 0 Å². The molecule has 96 valence electrons. The highest BCUT2D eigenvalue weighted by molar-refractivity contribution is 7.10. The number of thiophene rings is 1. The lowest BCUT2D eigenvalue weighted by molar-refractivity contribution is 0.624. The molecule has 0 fully saturated rings. The van der Waals surface area contributed by atoms with Crippen molar-refractivity contribution in [1.29, 1.82) is 0 Å². The largest absolute Gasteiger partial charge is 0.327 e. The molecule has 1 aromatic heterocycles. The van der Waals surface area contributed by atoms with Crippen LogP contribution >= 0.6 is 34.5 Å². The Labute approximate surface area is 119 Å². The van der Waals surface area contributed by atoms with Crippen LogP contribution < -0.4 is 5.73 Å². The second-order valence-electron chi connectivity index (χ2n) is 4.10. The van der Waals surface area contributed by atoms with Gasteiger partial charge in [-0.25, -0.2) is 4.39 Å². The maximum atomic E-state index is 12.9. The van der Waals surface area contributed by atoms with Crippen LogP contribution in [0.25, 0.3) is 0 Å². The normalized spacial score (nSPS) is 12.7. The van der Waals surface area contributed by atoms with Crippen molar-refractivity contribution >= 4 is 34.5 Å². The van der Waals surface area contributed by atoms with Crippen LogP contribution in [0, 0.1) is 5.82 Å². The van der Waals surface area contributed by atoms with Gasteiger partial charge in [0.1, 0.15) is 5.82 Å². The minimum atomic E-state index is -0.335. The minimum absolute atomic E-state index is 0.0795. The Balaban J connectivity index is 2.03. The lowest BCUT2D eigenvalue weighted by Gasteiger charge is -2.12. The molecule has 1 heterocycles. The topological polar surface area (TPSA) is 26.0 Å². The Hall–Kier alpha value is -0.610. The molecular formula is C13H12Cl2FNS. The van der Waals surface area contributed by atoms with Gasteiger partial charge in [0, 0.05) is 15.9 Å². The second-order valence-corrected chi connectivity index (χ2v) is 5.91. The fraction of sp³-hybridized carbons (Fsp3) is 0.231. The molecule has 2 N–H and O–H groups in total. The molecule has 0 radical (unpaired) electrons. The molecule has 1 nitrogen and oxygen atoms in total. The first kappa shape index (κ1) is 13.8. The van der Waals surface area contributed by atoms with Gasteiger partial charge >= 0.3 is 0 Å². The maximum Gasteiger partial charge on any atom is 0.124 e. The first-order valence-corrected chi connectivity index (χ1v) is 7.11. The third-order valence-corrected chi connectivity index (χ3v) is 4.40. The summed E-state index contributed by atoms with van der Waals surface area (Å²) in [4.78, 5) is 1.07. The third kappa shape index (κ3) is 3.45. The molecule has 0 amide bonds. The lowest BCUT2D eigenvalue weighted by atomic mass is 10.0. The summed E-state index contributed by atoms with van der Waals surface area (Å²) in [6.07, 6.45) is 1.30.